The Morgan fingerprint density at radius 1 is 1.64 bits per heavy atom. The van der Waals surface area contributed by atoms with E-state index in [1.54, 1.807) is 0 Å². The van der Waals surface area contributed by atoms with Crippen LogP contribution in [0.15, 0.2) is 0 Å². The van der Waals surface area contributed by atoms with Crippen LogP contribution >= 0.6 is 0 Å². The molecule has 0 spiro atoms. The molecule has 1 fully saturated rings. The molecule has 0 aliphatic heterocycles. The van der Waals surface area contributed by atoms with E-state index in [0.29, 0.717) is 25.2 Å². The van der Waals surface area contributed by atoms with E-state index in [1.165, 1.54) is 0 Å². The highest BCUT2D eigenvalue weighted by atomic mass is 19.1. The highest BCUT2D eigenvalue weighted by Crippen LogP contribution is 2.37. The second-order valence-electron chi connectivity index (χ2n) is 4.25. The lowest BCUT2D eigenvalue weighted by molar-refractivity contribution is 0.137. The van der Waals surface area contributed by atoms with Gasteiger partial charge in [-0.2, -0.15) is 0 Å². The Labute approximate surface area is 68.2 Å². The largest absolute Gasteiger partial charge is 0.328 e. The normalized spacial score (nSPS) is 38.5. The van der Waals surface area contributed by atoms with Crippen LogP contribution < -0.4 is 5.73 Å². The summed E-state index contributed by atoms with van der Waals surface area (Å²) in [5.41, 5.74) is 4.71. The monoisotopic (exact) mass is 159 g/mol. The van der Waals surface area contributed by atoms with E-state index in [0.717, 1.165) is 6.42 Å². The second-order valence-corrected chi connectivity index (χ2v) is 4.25. The van der Waals surface area contributed by atoms with Crippen LogP contribution in [0.2, 0.25) is 0 Å². The topological polar surface area (TPSA) is 26.0 Å². The number of hydrogen-bond donors (Lipinski definition) is 1. The molecule has 1 rings (SSSR count). The molecule has 0 aromatic rings. The number of alkyl halides is 1. The number of rotatable bonds is 2. The zero-order valence-electron chi connectivity index (χ0n) is 7.44. The van der Waals surface area contributed by atoms with Gasteiger partial charge in [-0.15, -0.1) is 0 Å². The van der Waals surface area contributed by atoms with Crippen molar-refractivity contribution in [1.29, 1.82) is 0 Å². The highest BCUT2D eigenvalue weighted by Gasteiger charge is 2.37. The first-order valence-electron chi connectivity index (χ1n) is 4.46. The first-order valence-corrected chi connectivity index (χ1v) is 4.46. The van der Waals surface area contributed by atoms with Crippen LogP contribution in [0.3, 0.4) is 0 Å². The van der Waals surface area contributed by atoms with Gasteiger partial charge in [0, 0.05) is 6.04 Å². The first kappa shape index (κ1) is 8.98. The van der Waals surface area contributed by atoms with Crippen LogP contribution in [-0.4, -0.2) is 11.7 Å². The van der Waals surface area contributed by atoms with E-state index in [-0.39, 0.29) is 6.04 Å². The van der Waals surface area contributed by atoms with Gasteiger partial charge in [0.15, 0.2) is 0 Å². The van der Waals surface area contributed by atoms with Gasteiger partial charge in [-0.3, -0.25) is 0 Å². The van der Waals surface area contributed by atoms with Crippen LogP contribution in [0.25, 0.3) is 0 Å². The molecule has 0 aromatic carbocycles. The van der Waals surface area contributed by atoms with Crippen LogP contribution in [0.1, 0.15) is 39.5 Å². The number of nitrogens with two attached hydrogens (primary N) is 1. The number of halogens is 1. The summed E-state index contributed by atoms with van der Waals surface area (Å²) in [4.78, 5) is 0. The predicted molar refractivity (Wildman–Crippen MR) is 45.1 cm³/mol. The van der Waals surface area contributed by atoms with E-state index in [4.69, 9.17) is 5.73 Å². The Balaban J connectivity index is 2.42. The molecule has 0 radical (unpaired) electrons. The van der Waals surface area contributed by atoms with Gasteiger partial charge in [-0.05, 0) is 31.6 Å². The van der Waals surface area contributed by atoms with E-state index < -0.39 is 5.67 Å². The lowest BCUT2D eigenvalue weighted by atomic mass is 9.92. The summed E-state index contributed by atoms with van der Waals surface area (Å²) in [7, 11) is 0. The molecule has 2 unspecified atom stereocenters. The van der Waals surface area contributed by atoms with Gasteiger partial charge in [0.05, 0.1) is 0 Å². The zero-order chi connectivity index (χ0) is 8.48. The Bertz CT molecular complexity index is 136. The molecule has 1 saturated carbocycles. The van der Waals surface area contributed by atoms with E-state index >= 15 is 0 Å². The van der Waals surface area contributed by atoms with Crippen molar-refractivity contribution in [2.45, 2.75) is 51.2 Å². The molecule has 0 aromatic heterocycles. The van der Waals surface area contributed by atoms with Gasteiger partial charge in [0.25, 0.3) is 0 Å². The molecule has 0 heterocycles. The lowest BCUT2D eigenvalue weighted by Crippen LogP contribution is -2.24. The van der Waals surface area contributed by atoms with E-state index in [9.17, 15) is 4.39 Å². The summed E-state index contributed by atoms with van der Waals surface area (Å²) in [5, 5.41) is 0. The third kappa shape index (κ3) is 2.44. The maximum atomic E-state index is 13.7. The van der Waals surface area contributed by atoms with Crippen LogP contribution in [-0.2, 0) is 0 Å². The smallest absolute Gasteiger partial charge is 0.112 e. The minimum atomic E-state index is -0.937. The molecule has 0 amide bonds. The molecule has 1 nitrogen and oxygen atoms in total. The van der Waals surface area contributed by atoms with E-state index in [2.05, 4.69) is 13.8 Å². The van der Waals surface area contributed by atoms with Crippen molar-refractivity contribution < 1.29 is 4.39 Å². The lowest BCUT2D eigenvalue weighted by Gasteiger charge is -2.21. The third-order valence-corrected chi connectivity index (χ3v) is 2.37. The van der Waals surface area contributed by atoms with Crippen molar-refractivity contribution in [1.82, 2.24) is 0 Å². The maximum Gasteiger partial charge on any atom is 0.112 e. The van der Waals surface area contributed by atoms with Crippen LogP contribution in [0, 0.1) is 5.92 Å². The van der Waals surface area contributed by atoms with Gasteiger partial charge in [0.1, 0.15) is 5.67 Å². The highest BCUT2D eigenvalue weighted by molar-refractivity contribution is 4.91. The van der Waals surface area contributed by atoms with Crippen molar-refractivity contribution in [3.05, 3.63) is 0 Å². The van der Waals surface area contributed by atoms with Gasteiger partial charge in [-0.1, -0.05) is 13.8 Å². The van der Waals surface area contributed by atoms with Crippen molar-refractivity contribution >= 4 is 0 Å². The molecular formula is C9H18FN. The van der Waals surface area contributed by atoms with Crippen molar-refractivity contribution in [2.75, 3.05) is 0 Å². The Hall–Kier alpha value is -0.110. The second kappa shape index (κ2) is 3.10. The standard InChI is InChI=1S/C9H18FN/c1-7(2)5-9(10)4-3-8(11)6-9/h7-8H,3-6,11H2,1-2H3. The maximum absolute atomic E-state index is 13.7. The Kier molecular flexibility index (Phi) is 2.53. The molecule has 0 bridgehead atoms. The van der Waals surface area contributed by atoms with Gasteiger partial charge in [0.2, 0.25) is 0 Å². The first-order chi connectivity index (χ1) is 5.02. The summed E-state index contributed by atoms with van der Waals surface area (Å²) in [5.74, 6) is 0.449. The Morgan fingerprint density at radius 2 is 2.27 bits per heavy atom. The quantitative estimate of drug-likeness (QED) is 0.657. The summed E-state index contributed by atoms with van der Waals surface area (Å²) in [6, 6.07) is 0.110. The molecule has 11 heavy (non-hydrogen) atoms. The van der Waals surface area contributed by atoms with Crippen molar-refractivity contribution in [2.24, 2.45) is 11.7 Å². The fourth-order valence-electron chi connectivity index (χ4n) is 2.04. The minimum Gasteiger partial charge on any atom is -0.328 e. The summed E-state index contributed by atoms with van der Waals surface area (Å²) in [6.45, 7) is 4.12. The SMILES string of the molecule is CC(C)CC1(F)CCC(N)C1. The molecule has 1 aliphatic carbocycles. The molecule has 0 saturated heterocycles. The Morgan fingerprint density at radius 3 is 2.64 bits per heavy atom. The average molecular weight is 159 g/mol. The third-order valence-electron chi connectivity index (χ3n) is 2.37. The van der Waals surface area contributed by atoms with Gasteiger partial charge >= 0.3 is 0 Å². The average Bonchev–Trinajstić information content (AvgIpc) is 2.08. The fourth-order valence-corrected chi connectivity index (χ4v) is 2.04. The molecule has 1 aliphatic rings. The number of hydrogen-bond acceptors (Lipinski definition) is 1. The molecule has 2 atom stereocenters. The van der Waals surface area contributed by atoms with Crippen LogP contribution in [0.4, 0.5) is 4.39 Å². The predicted octanol–water partition coefficient (Wildman–Crippen LogP) is 2.25. The summed E-state index contributed by atoms with van der Waals surface area (Å²) >= 11 is 0. The van der Waals surface area contributed by atoms with E-state index in [1.807, 2.05) is 0 Å². The van der Waals surface area contributed by atoms with Crippen LogP contribution in [0.5, 0.6) is 0 Å². The molecule has 2 N–H and O–H groups in total. The minimum absolute atomic E-state index is 0.110. The molecular weight excluding hydrogens is 141 g/mol. The summed E-state index contributed by atoms with van der Waals surface area (Å²) in [6.07, 6.45) is 2.79. The molecule has 66 valence electrons. The zero-order valence-corrected chi connectivity index (χ0v) is 7.44. The summed E-state index contributed by atoms with van der Waals surface area (Å²) < 4.78 is 13.7. The van der Waals surface area contributed by atoms with Gasteiger partial charge in [-0.25, -0.2) is 4.39 Å². The van der Waals surface area contributed by atoms with Crippen molar-refractivity contribution in [3.63, 3.8) is 0 Å². The van der Waals surface area contributed by atoms with Gasteiger partial charge < -0.3 is 5.73 Å². The van der Waals surface area contributed by atoms with Crippen molar-refractivity contribution in [3.8, 4) is 0 Å². The fraction of sp³-hybridized carbons (Fsp3) is 1.00. The molecule has 2 heteroatoms.